The summed E-state index contributed by atoms with van der Waals surface area (Å²) >= 11 is 6.15. The monoisotopic (exact) mass is 310 g/mol. The smallest absolute Gasteiger partial charge is 0.145 e. The van der Waals surface area contributed by atoms with Crippen LogP contribution in [0.15, 0.2) is 54.5 Å². The molecule has 2 rings (SSSR count). The average Bonchev–Trinajstić information content (AvgIpc) is 2.56. The summed E-state index contributed by atoms with van der Waals surface area (Å²) in [4.78, 5) is 4.01. The first-order valence-corrected chi connectivity index (χ1v) is 6.69. The van der Waals surface area contributed by atoms with Crippen LogP contribution in [0.25, 0.3) is 0 Å². The first kappa shape index (κ1) is 15.4. The summed E-state index contributed by atoms with van der Waals surface area (Å²) in [5, 5.41) is 20.6. The third kappa shape index (κ3) is 4.24. The Hall–Kier alpha value is -3.02. The number of hydrogen-bond donors (Lipinski definition) is 1. The molecule has 0 amide bonds. The van der Waals surface area contributed by atoms with Crippen molar-refractivity contribution in [1.82, 2.24) is 4.98 Å². The van der Waals surface area contributed by atoms with E-state index in [1.54, 1.807) is 42.7 Å². The fourth-order valence-corrected chi connectivity index (χ4v) is 1.83. The van der Waals surface area contributed by atoms with Gasteiger partial charge in [-0.05, 0) is 24.3 Å². The molecule has 0 atom stereocenters. The number of nitriles is 2. The maximum absolute atomic E-state index is 8.65. The highest BCUT2D eigenvalue weighted by Gasteiger charge is 2.04. The highest BCUT2D eigenvalue weighted by Crippen LogP contribution is 2.28. The number of nitrogens with one attached hydrogen (secondary N) is 1. The van der Waals surface area contributed by atoms with Crippen LogP contribution in [0.3, 0.4) is 0 Å². The molecule has 2 aromatic rings. The van der Waals surface area contributed by atoms with E-state index in [4.69, 9.17) is 26.9 Å². The molecule has 0 aliphatic heterocycles. The topological polar surface area (TPSA) is 81.7 Å². The van der Waals surface area contributed by atoms with Crippen LogP contribution in [-0.4, -0.2) is 4.98 Å². The normalized spacial score (nSPS) is 9.23. The lowest BCUT2D eigenvalue weighted by atomic mass is 10.3. The minimum Gasteiger partial charge on any atom is -0.487 e. The quantitative estimate of drug-likeness (QED) is 0.852. The van der Waals surface area contributed by atoms with Crippen LogP contribution >= 0.6 is 11.6 Å². The fourth-order valence-electron chi connectivity index (χ4n) is 1.60. The van der Waals surface area contributed by atoms with Crippen molar-refractivity contribution in [2.75, 3.05) is 5.32 Å². The van der Waals surface area contributed by atoms with Gasteiger partial charge in [0.25, 0.3) is 0 Å². The molecule has 0 aliphatic carbocycles. The van der Waals surface area contributed by atoms with E-state index < -0.39 is 0 Å². The number of aromatic nitrogens is 1. The van der Waals surface area contributed by atoms with Gasteiger partial charge in [-0.2, -0.15) is 10.5 Å². The molecule has 5 nitrogen and oxygen atoms in total. The molecule has 108 valence electrons. The number of hydrogen-bond acceptors (Lipinski definition) is 5. The van der Waals surface area contributed by atoms with Crippen LogP contribution in [0.4, 0.5) is 5.69 Å². The van der Waals surface area contributed by atoms with Crippen LogP contribution in [0.5, 0.6) is 5.75 Å². The third-order valence-corrected chi connectivity index (χ3v) is 2.97. The minimum atomic E-state index is -0.0203. The van der Waals surface area contributed by atoms with Crippen molar-refractivity contribution >= 4 is 17.3 Å². The molecule has 0 fully saturated rings. The predicted molar refractivity (Wildman–Crippen MR) is 83.0 cm³/mol. The van der Waals surface area contributed by atoms with Gasteiger partial charge in [0.2, 0.25) is 0 Å². The van der Waals surface area contributed by atoms with Crippen molar-refractivity contribution in [3.63, 3.8) is 0 Å². The maximum atomic E-state index is 8.65. The van der Waals surface area contributed by atoms with Gasteiger partial charge in [-0.15, -0.1) is 0 Å². The second-order valence-electron chi connectivity index (χ2n) is 4.22. The summed E-state index contributed by atoms with van der Waals surface area (Å²) in [5.74, 6) is 0.542. The molecule has 0 saturated carbocycles. The summed E-state index contributed by atoms with van der Waals surface area (Å²) in [6, 6.07) is 12.4. The molecule has 6 heteroatoms. The van der Waals surface area contributed by atoms with Crippen molar-refractivity contribution in [2.24, 2.45) is 0 Å². The zero-order chi connectivity index (χ0) is 15.8. The molecule has 1 aromatic carbocycles. The lowest BCUT2D eigenvalue weighted by Gasteiger charge is -2.09. The molecule has 0 unspecified atom stereocenters. The first-order chi connectivity index (χ1) is 10.7. The number of benzene rings is 1. The first-order valence-electron chi connectivity index (χ1n) is 6.31. The number of allylic oxidation sites excluding steroid dienone is 1. The zero-order valence-corrected chi connectivity index (χ0v) is 12.2. The molecule has 0 aliphatic rings. The van der Waals surface area contributed by atoms with E-state index in [0.29, 0.717) is 23.1 Å². The maximum Gasteiger partial charge on any atom is 0.145 e. The van der Waals surface area contributed by atoms with E-state index in [-0.39, 0.29) is 5.57 Å². The van der Waals surface area contributed by atoms with Gasteiger partial charge in [0, 0.05) is 29.8 Å². The zero-order valence-electron chi connectivity index (χ0n) is 11.5. The fraction of sp³-hybridized carbons (Fsp3) is 0.0625. The molecule has 0 saturated heterocycles. The van der Waals surface area contributed by atoms with Gasteiger partial charge >= 0.3 is 0 Å². The van der Waals surface area contributed by atoms with Crippen LogP contribution in [0.2, 0.25) is 5.02 Å². The highest BCUT2D eigenvalue weighted by atomic mass is 35.5. The van der Waals surface area contributed by atoms with E-state index in [9.17, 15) is 0 Å². The van der Waals surface area contributed by atoms with Crippen LogP contribution in [-0.2, 0) is 6.61 Å². The van der Waals surface area contributed by atoms with E-state index in [2.05, 4.69) is 10.3 Å². The summed E-state index contributed by atoms with van der Waals surface area (Å²) < 4.78 is 5.63. The second kappa shape index (κ2) is 7.68. The summed E-state index contributed by atoms with van der Waals surface area (Å²) in [7, 11) is 0. The van der Waals surface area contributed by atoms with Gasteiger partial charge < -0.3 is 10.1 Å². The molecule has 0 bridgehead atoms. The van der Waals surface area contributed by atoms with Crippen molar-refractivity contribution in [1.29, 1.82) is 10.5 Å². The number of nitrogens with zero attached hydrogens (tertiary/aromatic N) is 3. The predicted octanol–water partition coefficient (Wildman–Crippen LogP) is 3.66. The largest absolute Gasteiger partial charge is 0.487 e. The molecular formula is C16H11ClN4O. The van der Waals surface area contributed by atoms with Gasteiger partial charge in [0.15, 0.2) is 0 Å². The van der Waals surface area contributed by atoms with Crippen molar-refractivity contribution < 1.29 is 4.74 Å². The van der Waals surface area contributed by atoms with Crippen LogP contribution < -0.4 is 10.1 Å². The van der Waals surface area contributed by atoms with E-state index in [0.717, 1.165) is 5.56 Å². The van der Waals surface area contributed by atoms with Crippen molar-refractivity contribution in [3.05, 3.63) is 65.1 Å². The standard InChI is InChI=1S/C16H11ClN4O/c17-15-6-14(21-10-13(7-18)8-19)3-4-16(15)22-11-12-2-1-5-20-9-12/h1-6,9-10,21H,11H2. The number of rotatable bonds is 5. The lowest BCUT2D eigenvalue weighted by Crippen LogP contribution is -1.97. The van der Waals surface area contributed by atoms with Gasteiger partial charge in [-0.25, -0.2) is 0 Å². The Morgan fingerprint density at radius 1 is 1.32 bits per heavy atom. The Morgan fingerprint density at radius 2 is 2.14 bits per heavy atom. The van der Waals surface area contributed by atoms with Gasteiger partial charge in [-0.3, -0.25) is 4.98 Å². The molecule has 0 spiro atoms. The van der Waals surface area contributed by atoms with E-state index >= 15 is 0 Å². The second-order valence-corrected chi connectivity index (χ2v) is 4.63. The Bertz CT molecular complexity index is 744. The number of pyridine rings is 1. The summed E-state index contributed by atoms with van der Waals surface area (Å²) in [6.45, 7) is 0.368. The molecule has 1 aromatic heterocycles. The molecule has 1 N–H and O–H groups in total. The number of halogens is 1. The third-order valence-electron chi connectivity index (χ3n) is 2.67. The van der Waals surface area contributed by atoms with Crippen LogP contribution in [0, 0.1) is 22.7 Å². The molecular weight excluding hydrogens is 300 g/mol. The SMILES string of the molecule is N#CC(C#N)=CNc1ccc(OCc2cccnc2)c(Cl)c1. The Morgan fingerprint density at radius 3 is 2.77 bits per heavy atom. The summed E-state index contributed by atoms with van der Waals surface area (Å²) in [5.41, 5.74) is 1.58. The number of ether oxygens (including phenoxy) is 1. The number of anilines is 1. The molecule has 0 radical (unpaired) electrons. The Labute approximate surface area is 133 Å². The van der Waals surface area contributed by atoms with E-state index in [1.807, 2.05) is 12.1 Å². The van der Waals surface area contributed by atoms with Crippen LogP contribution in [0.1, 0.15) is 5.56 Å². The molecule has 1 heterocycles. The Kier molecular flexibility index (Phi) is 5.37. The van der Waals surface area contributed by atoms with Gasteiger partial charge in [0.05, 0.1) is 5.02 Å². The highest BCUT2D eigenvalue weighted by molar-refractivity contribution is 6.32. The van der Waals surface area contributed by atoms with Gasteiger partial charge in [0.1, 0.15) is 30.1 Å². The average molecular weight is 311 g/mol. The van der Waals surface area contributed by atoms with Crippen molar-refractivity contribution in [2.45, 2.75) is 6.61 Å². The lowest BCUT2D eigenvalue weighted by molar-refractivity contribution is 0.306. The van der Waals surface area contributed by atoms with E-state index in [1.165, 1.54) is 6.20 Å². The summed E-state index contributed by atoms with van der Waals surface area (Å²) in [6.07, 6.45) is 4.74. The van der Waals surface area contributed by atoms with Crippen molar-refractivity contribution in [3.8, 4) is 17.9 Å². The minimum absolute atomic E-state index is 0.0203. The van der Waals surface area contributed by atoms with Gasteiger partial charge in [-0.1, -0.05) is 17.7 Å². The molecule has 22 heavy (non-hydrogen) atoms. The Balaban J connectivity index is 2.03.